The van der Waals surface area contributed by atoms with Crippen molar-refractivity contribution >= 4 is 38.9 Å². The lowest BCUT2D eigenvalue weighted by atomic mass is 10.2. The highest BCUT2D eigenvalue weighted by Gasteiger charge is 2.38. The van der Waals surface area contributed by atoms with Gasteiger partial charge in [-0.25, -0.2) is 13.2 Å². The van der Waals surface area contributed by atoms with Gasteiger partial charge in [-0.05, 0) is 23.6 Å². The van der Waals surface area contributed by atoms with Crippen LogP contribution in [0.3, 0.4) is 0 Å². The summed E-state index contributed by atoms with van der Waals surface area (Å²) in [5.41, 5.74) is 5.56. The van der Waals surface area contributed by atoms with Crippen molar-refractivity contribution in [2.45, 2.75) is 11.0 Å². The van der Waals surface area contributed by atoms with E-state index in [1.807, 2.05) is 0 Å². The van der Waals surface area contributed by atoms with Crippen molar-refractivity contribution in [3.05, 3.63) is 40.6 Å². The van der Waals surface area contributed by atoms with Gasteiger partial charge in [-0.2, -0.15) is 0 Å². The third kappa shape index (κ3) is 2.94. The van der Waals surface area contributed by atoms with Crippen molar-refractivity contribution in [1.29, 1.82) is 0 Å². The van der Waals surface area contributed by atoms with Crippen molar-refractivity contribution in [1.82, 2.24) is 0 Å². The highest BCUT2D eigenvalue weighted by atomic mass is 32.2. The van der Waals surface area contributed by atoms with Gasteiger partial charge < -0.3 is 15.2 Å². The van der Waals surface area contributed by atoms with Crippen LogP contribution in [0.4, 0.5) is 5.69 Å². The van der Waals surface area contributed by atoms with E-state index in [1.165, 1.54) is 18.6 Å². The lowest BCUT2D eigenvalue weighted by Gasteiger charge is -2.34. The smallest absolute Gasteiger partial charge is 0.349 e. The topological polar surface area (TPSA) is 116 Å². The highest BCUT2D eigenvalue weighted by Crippen LogP contribution is 2.38. The van der Waals surface area contributed by atoms with Crippen molar-refractivity contribution in [3.8, 4) is 5.75 Å². The number of anilines is 1. The Hall–Kier alpha value is -2.59. The molecule has 1 aromatic heterocycles. The predicted molar refractivity (Wildman–Crippen MR) is 90.2 cm³/mol. The summed E-state index contributed by atoms with van der Waals surface area (Å²) in [6.07, 6.45) is -1.13. The highest BCUT2D eigenvalue weighted by molar-refractivity contribution is 7.93. The van der Waals surface area contributed by atoms with Gasteiger partial charge in [0.25, 0.3) is 15.9 Å². The maximum atomic E-state index is 13.1. The number of rotatable bonds is 4. The number of ether oxygens (including phenoxy) is 2. The summed E-state index contributed by atoms with van der Waals surface area (Å²) in [5.74, 6) is -1.31. The third-order valence-corrected chi connectivity index (χ3v) is 6.47. The predicted octanol–water partition coefficient (Wildman–Crippen LogP) is 0.976. The number of nitrogens with zero attached hydrogens (tertiary/aromatic N) is 1. The van der Waals surface area contributed by atoms with E-state index in [9.17, 15) is 18.0 Å². The van der Waals surface area contributed by atoms with Gasteiger partial charge in [0, 0.05) is 0 Å². The van der Waals surface area contributed by atoms with Crippen LogP contribution in [0.15, 0.2) is 40.6 Å². The maximum absolute atomic E-state index is 13.1. The first-order valence-electron chi connectivity index (χ1n) is 7.10. The second-order valence-electron chi connectivity index (χ2n) is 5.12. The summed E-state index contributed by atoms with van der Waals surface area (Å²) in [4.78, 5) is 23.2. The molecule has 0 aliphatic carbocycles. The lowest BCUT2D eigenvalue weighted by molar-refractivity contribution is -0.124. The number of esters is 1. The summed E-state index contributed by atoms with van der Waals surface area (Å²) in [6.45, 7) is -0.287. The Kier molecular flexibility index (Phi) is 4.39. The van der Waals surface area contributed by atoms with E-state index in [-0.39, 0.29) is 27.8 Å². The number of primary amides is 1. The quantitative estimate of drug-likeness (QED) is 0.788. The first-order valence-corrected chi connectivity index (χ1v) is 9.41. The molecule has 1 atom stereocenters. The molecule has 0 spiro atoms. The second-order valence-corrected chi connectivity index (χ2v) is 7.87. The summed E-state index contributed by atoms with van der Waals surface area (Å²) in [6, 6.07) is 7.71. The molecule has 1 aromatic carbocycles. The molecule has 2 aromatic rings. The molecular weight excluding hydrogens is 368 g/mol. The lowest BCUT2D eigenvalue weighted by Crippen LogP contribution is -2.49. The van der Waals surface area contributed by atoms with Crippen molar-refractivity contribution in [2.24, 2.45) is 5.73 Å². The summed E-state index contributed by atoms with van der Waals surface area (Å²) in [5, 5.41) is 1.48. The number of fused-ring (bicyclic) bond motifs is 1. The van der Waals surface area contributed by atoms with E-state index in [0.29, 0.717) is 0 Å². The Labute approximate surface area is 147 Å². The molecule has 8 nitrogen and oxygen atoms in total. The van der Waals surface area contributed by atoms with Gasteiger partial charge in [-0.3, -0.25) is 9.10 Å². The number of methoxy groups -OCH3 is 1. The van der Waals surface area contributed by atoms with Crippen LogP contribution >= 0.6 is 11.3 Å². The van der Waals surface area contributed by atoms with Crippen molar-refractivity contribution < 1.29 is 27.5 Å². The van der Waals surface area contributed by atoms with Crippen LogP contribution in [0.5, 0.6) is 5.75 Å². The monoisotopic (exact) mass is 382 g/mol. The molecule has 0 radical (unpaired) electrons. The summed E-state index contributed by atoms with van der Waals surface area (Å²) < 4.78 is 37.4. The van der Waals surface area contributed by atoms with Gasteiger partial charge >= 0.3 is 5.97 Å². The Balaban J connectivity index is 2.12. The zero-order chi connectivity index (χ0) is 18.2. The number of amides is 1. The normalized spacial score (nSPS) is 16.7. The number of para-hydroxylation sites is 2. The first kappa shape index (κ1) is 17.2. The third-order valence-electron chi connectivity index (χ3n) is 3.62. The van der Waals surface area contributed by atoms with E-state index in [0.717, 1.165) is 15.6 Å². The molecule has 0 bridgehead atoms. The molecule has 0 saturated heterocycles. The molecule has 1 aliphatic heterocycles. The number of nitrogens with two attached hydrogens (primary N) is 1. The average molecular weight is 382 g/mol. The number of hydrogen-bond acceptors (Lipinski definition) is 7. The number of carbonyl (C=O) groups excluding carboxylic acids is 2. The minimum Gasteiger partial charge on any atom is -0.476 e. The minimum absolute atomic E-state index is 0.0397. The van der Waals surface area contributed by atoms with Crippen LogP contribution in [0.2, 0.25) is 0 Å². The number of carbonyl (C=O) groups is 2. The Morgan fingerprint density at radius 2 is 2.04 bits per heavy atom. The second kappa shape index (κ2) is 6.37. The molecule has 3 rings (SSSR count). The standard InChI is InChI=1S/C15H14N2O6S2/c1-22-15(19)13-12(6-7-24-13)25(20,21)17-8-11(14(16)18)23-10-5-3-2-4-9(10)17/h2-7,11H,8H2,1H3,(H2,16,18)/t11-/m0/s1. The molecule has 1 amide bonds. The number of benzene rings is 1. The molecule has 2 heterocycles. The molecule has 0 unspecified atom stereocenters. The van der Waals surface area contributed by atoms with Crippen LogP contribution < -0.4 is 14.8 Å². The molecule has 2 N–H and O–H groups in total. The Morgan fingerprint density at radius 1 is 1.32 bits per heavy atom. The van der Waals surface area contributed by atoms with E-state index in [2.05, 4.69) is 4.74 Å². The van der Waals surface area contributed by atoms with Gasteiger partial charge in [-0.15, -0.1) is 11.3 Å². The van der Waals surface area contributed by atoms with Crippen LogP contribution in [-0.2, 0) is 19.6 Å². The van der Waals surface area contributed by atoms with E-state index in [4.69, 9.17) is 10.5 Å². The largest absolute Gasteiger partial charge is 0.476 e. The molecule has 132 valence electrons. The summed E-state index contributed by atoms with van der Waals surface area (Å²) >= 11 is 0.958. The zero-order valence-electron chi connectivity index (χ0n) is 13.0. The molecule has 25 heavy (non-hydrogen) atoms. The average Bonchev–Trinajstić information content (AvgIpc) is 3.10. The van der Waals surface area contributed by atoms with E-state index in [1.54, 1.807) is 24.3 Å². The van der Waals surface area contributed by atoms with Gasteiger partial charge in [0.2, 0.25) is 0 Å². The van der Waals surface area contributed by atoms with Crippen LogP contribution in [0, 0.1) is 0 Å². The van der Waals surface area contributed by atoms with Crippen LogP contribution in [-0.4, -0.2) is 40.1 Å². The Morgan fingerprint density at radius 3 is 2.72 bits per heavy atom. The number of sulfonamides is 1. The van der Waals surface area contributed by atoms with Crippen LogP contribution in [0.25, 0.3) is 0 Å². The SMILES string of the molecule is COC(=O)c1sccc1S(=O)(=O)N1C[C@@H](C(N)=O)Oc2ccccc21. The Bertz CT molecular complexity index is 937. The summed E-state index contributed by atoms with van der Waals surface area (Å²) in [7, 11) is -2.96. The molecule has 10 heteroatoms. The van der Waals surface area contributed by atoms with E-state index < -0.39 is 28.0 Å². The van der Waals surface area contributed by atoms with Gasteiger partial charge in [-0.1, -0.05) is 12.1 Å². The zero-order valence-corrected chi connectivity index (χ0v) is 14.7. The fraction of sp³-hybridized carbons (Fsp3) is 0.200. The number of hydrogen-bond donors (Lipinski definition) is 1. The minimum atomic E-state index is -4.13. The molecule has 0 fully saturated rings. The van der Waals surface area contributed by atoms with Gasteiger partial charge in [0.1, 0.15) is 15.5 Å². The fourth-order valence-electron chi connectivity index (χ4n) is 2.44. The van der Waals surface area contributed by atoms with Crippen molar-refractivity contribution in [3.63, 3.8) is 0 Å². The van der Waals surface area contributed by atoms with E-state index >= 15 is 0 Å². The molecule has 1 aliphatic rings. The maximum Gasteiger partial charge on any atom is 0.349 e. The fourth-order valence-corrected chi connectivity index (χ4v) is 5.23. The molecule has 0 saturated carbocycles. The van der Waals surface area contributed by atoms with Crippen molar-refractivity contribution in [2.75, 3.05) is 18.0 Å². The van der Waals surface area contributed by atoms with Gasteiger partial charge in [0.05, 0.1) is 19.3 Å². The number of thiophene rings is 1. The molecular formula is C15H14N2O6S2. The first-order chi connectivity index (χ1) is 11.9. The van der Waals surface area contributed by atoms with Gasteiger partial charge in [0.15, 0.2) is 6.10 Å². The van der Waals surface area contributed by atoms with Crippen LogP contribution in [0.1, 0.15) is 9.67 Å².